The van der Waals surface area contributed by atoms with Crippen molar-refractivity contribution in [3.63, 3.8) is 0 Å². The summed E-state index contributed by atoms with van der Waals surface area (Å²) in [5.41, 5.74) is 5.89. The van der Waals surface area contributed by atoms with Gasteiger partial charge in [-0.3, -0.25) is 0 Å². The Hall–Kier alpha value is 0.320. The normalized spacial score (nSPS) is 14.1. The third kappa shape index (κ3) is 28.8. The van der Waals surface area contributed by atoms with E-state index in [1.807, 2.05) is 0 Å². The molecule has 0 saturated carbocycles. The largest absolute Gasteiger partial charge is 1.00 e. The van der Waals surface area contributed by atoms with Crippen LogP contribution in [-0.4, -0.2) is 63.1 Å². The van der Waals surface area contributed by atoms with Gasteiger partial charge in [0.2, 0.25) is 0 Å². The molecule has 0 amide bonds. The molecule has 0 radical (unpaired) electrons. The number of hydrogen-bond acceptors (Lipinski definition) is 3. The molecule has 0 saturated heterocycles. The molecule has 0 aliphatic carbocycles. The lowest BCUT2D eigenvalue weighted by molar-refractivity contribution is -0.893. The summed E-state index contributed by atoms with van der Waals surface area (Å²) < 4.78 is 14.7. The first-order valence-corrected chi connectivity index (χ1v) is 18.2. The van der Waals surface area contributed by atoms with Crippen molar-refractivity contribution >= 4 is 0 Å². The van der Waals surface area contributed by atoms with Crippen LogP contribution in [0.25, 0.3) is 0 Å². The van der Waals surface area contributed by atoms with Crippen molar-refractivity contribution in [1.29, 1.82) is 0 Å². The molecular formula is C36H77BrN2O2. The fourth-order valence-electron chi connectivity index (χ4n) is 5.95. The number of halogens is 1. The fraction of sp³-hybridized carbons (Fsp3) is 1.00. The smallest absolute Gasteiger partial charge is 0.130 e. The first kappa shape index (κ1) is 43.4. The minimum absolute atomic E-state index is 0. The molecule has 250 valence electrons. The molecule has 0 aromatic heterocycles. The van der Waals surface area contributed by atoms with Crippen LogP contribution in [0, 0.1) is 0 Å². The van der Waals surface area contributed by atoms with Gasteiger partial charge in [-0.25, -0.2) is 0 Å². The molecule has 0 aromatic carbocycles. The summed E-state index contributed by atoms with van der Waals surface area (Å²) in [6, 6.07) is 0. The van der Waals surface area contributed by atoms with E-state index in [1.54, 1.807) is 0 Å². The van der Waals surface area contributed by atoms with Crippen molar-refractivity contribution in [2.45, 2.75) is 194 Å². The highest BCUT2D eigenvalue weighted by Gasteiger charge is 2.26. The Morgan fingerprint density at radius 1 is 0.512 bits per heavy atom. The Kier molecular flexibility index (Phi) is 33.6. The highest BCUT2D eigenvalue weighted by Crippen LogP contribution is 2.21. The van der Waals surface area contributed by atoms with Gasteiger partial charge < -0.3 is 36.7 Å². The zero-order valence-corrected chi connectivity index (χ0v) is 30.6. The summed E-state index contributed by atoms with van der Waals surface area (Å²) in [6.07, 6.45) is 30.8. The van der Waals surface area contributed by atoms with Gasteiger partial charge >= 0.3 is 0 Å². The molecule has 0 aliphatic rings. The third-order valence-corrected chi connectivity index (χ3v) is 8.59. The van der Waals surface area contributed by atoms with Crippen LogP contribution >= 0.6 is 0 Å². The summed E-state index contributed by atoms with van der Waals surface area (Å²) in [5.74, 6) is 0. The van der Waals surface area contributed by atoms with Crippen molar-refractivity contribution in [1.82, 2.24) is 0 Å². The minimum Gasteiger partial charge on any atom is -1.00 e. The van der Waals surface area contributed by atoms with E-state index in [4.69, 9.17) is 15.2 Å². The molecule has 0 bridgehead atoms. The number of hydrogen-bond donors (Lipinski definition) is 1. The summed E-state index contributed by atoms with van der Waals surface area (Å²) in [5, 5.41) is 0. The van der Waals surface area contributed by atoms with Gasteiger partial charge in [-0.05, 0) is 32.2 Å². The van der Waals surface area contributed by atoms with Crippen molar-refractivity contribution in [3.05, 3.63) is 0 Å². The highest BCUT2D eigenvalue weighted by molar-refractivity contribution is 4.68. The van der Waals surface area contributed by atoms with E-state index in [0.29, 0.717) is 12.2 Å². The second kappa shape index (κ2) is 31.7. The van der Waals surface area contributed by atoms with E-state index in [2.05, 4.69) is 41.8 Å². The molecule has 0 fully saturated rings. The number of ether oxygens (including phenoxy) is 2. The van der Waals surface area contributed by atoms with Crippen LogP contribution < -0.4 is 22.7 Å². The van der Waals surface area contributed by atoms with Crippen LogP contribution in [0.5, 0.6) is 0 Å². The quantitative estimate of drug-likeness (QED) is 0.0619. The number of unbranched alkanes of at least 4 members (excludes halogenated alkanes) is 14. The van der Waals surface area contributed by atoms with Gasteiger partial charge in [0.15, 0.2) is 0 Å². The molecule has 2 N–H and O–H groups in total. The summed E-state index contributed by atoms with van der Waals surface area (Å²) in [6.45, 7) is 12.8. The average molecular weight is 650 g/mol. The molecule has 4 nitrogen and oxygen atoms in total. The molecule has 0 heterocycles. The average Bonchev–Trinajstić information content (AvgIpc) is 2.93. The lowest BCUT2D eigenvalue weighted by Crippen LogP contribution is -3.00. The Morgan fingerprint density at radius 3 is 1.37 bits per heavy atom. The molecule has 5 heteroatoms. The maximum Gasteiger partial charge on any atom is 0.130 e. The zero-order chi connectivity index (χ0) is 29.7. The summed E-state index contributed by atoms with van der Waals surface area (Å²) in [7, 11) is 4.70. The van der Waals surface area contributed by atoms with Gasteiger partial charge in [0.1, 0.15) is 12.6 Å². The van der Waals surface area contributed by atoms with Crippen molar-refractivity contribution in [3.8, 4) is 0 Å². The Morgan fingerprint density at radius 2 is 0.902 bits per heavy atom. The number of likely N-dealkylation sites (N-methyl/N-ethyl adjacent to an activating group) is 1. The Bertz CT molecular complexity index is 506. The number of nitrogens with two attached hydrogens (primary N) is 1. The second-order valence-corrected chi connectivity index (χ2v) is 13.4. The predicted molar refractivity (Wildman–Crippen MR) is 178 cm³/mol. The molecule has 3 unspecified atom stereocenters. The zero-order valence-electron chi connectivity index (χ0n) is 29.0. The maximum absolute atomic E-state index is 7.01. The van der Waals surface area contributed by atoms with Crippen molar-refractivity contribution in [2.24, 2.45) is 5.73 Å². The van der Waals surface area contributed by atoms with Gasteiger partial charge in [-0.15, -0.1) is 0 Å². The van der Waals surface area contributed by atoms with Gasteiger partial charge in [-0.2, -0.15) is 0 Å². The predicted octanol–water partition coefficient (Wildman–Crippen LogP) is 7.22. The van der Waals surface area contributed by atoms with E-state index in [1.165, 1.54) is 141 Å². The lowest BCUT2D eigenvalue weighted by Gasteiger charge is -2.35. The second-order valence-electron chi connectivity index (χ2n) is 13.4. The van der Waals surface area contributed by atoms with E-state index in [9.17, 15) is 0 Å². The number of rotatable bonds is 32. The van der Waals surface area contributed by atoms with Crippen LogP contribution in [0.1, 0.15) is 175 Å². The monoisotopic (exact) mass is 649 g/mol. The van der Waals surface area contributed by atoms with Crippen LogP contribution in [-0.2, 0) is 9.47 Å². The standard InChI is InChI=1S/C36H77N2O2.BrH/c1-7-11-15-17-19-23-27-34(26-21-13-9-3)39-33-36(32-38(5,6)31-25-30-37)40-35(28-22-14-10-4)29-24-20-18-16-12-8-2;/h34-36H,7-33,37H2,1-6H3;1H/q+1;/p-1. The summed E-state index contributed by atoms with van der Waals surface area (Å²) in [4.78, 5) is 0. The Balaban J connectivity index is 0. The van der Waals surface area contributed by atoms with Crippen LogP contribution in [0.4, 0.5) is 0 Å². The first-order chi connectivity index (χ1) is 19.4. The first-order valence-electron chi connectivity index (χ1n) is 18.2. The summed E-state index contributed by atoms with van der Waals surface area (Å²) >= 11 is 0. The number of nitrogens with zero attached hydrogens (tertiary/aromatic N) is 1. The molecule has 0 aliphatic heterocycles. The van der Waals surface area contributed by atoms with Crippen molar-refractivity contribution < 1.29 is 30.9 Å². The van der Waals surface area contributed by atoms with Gasteiger partial charge in [0.25, 0.3) is 0 Å². The van der Waals surface area contributed by atoms with Gasteiger partial charge in [-0.1, -0.05) is 143 Å². The van der Waals surface area contributed by atoms with Crippen molar-refractivity contribution in [2.75, 3.05) is 40.3 Å². The van der Waals surface area contributed by atoms with E-state index < -0.39 is 0 Å². The topological polar surface area (TPSA) is 44.5 Å². The van der Waals surface area contributed by atoms with E-state index >= 15 is 0 Å². The minimum atomic E-state index is 0. The SMILES string of the molecule is CCCCCCCCC(CCCCC)OCC(C[N+](C)(C)CCCN)OC(CCCCC)CCCCCCCC.[Br-]. The lowest BCUT2D eigenvalue weighted by atomic mass is 10.0. The van der Waals surface area contributed by atoms with E-state index in [0.717, 1.165) is 37.1 Å². The maximum atomic E-state index is 7.01. The number of quaternary nitrogens is 1. The molecule has 41 heavy (non-hydrogen) atoms. The molecule has 3 atom stereocenters. The highest BCUT2D eigenvalue weighted by atomic mass is 79.9. The third-order valence-electron chi connectivity index (χ3n) is 8.59. The molecule has 0 aromatic rings. The fourth-order valence-corrected chi connectivity index (χ4v) is 5.95. The molecule has 0 spiro atoms. The van der Waals surface area contributed by atoms with Crippen LogP contribution in [0.3, 0.4) is 0 Å². The Labute approximate surface area is 270 Å². The van der Waals surface area contributed by atoms with Gasteiger partial charge in [0.05, 0.1) is 39.5 Å². The van der Waals surface area contributed by atoms with E-state index in [-0.39, 0.29) is 23.1 Å². The van der Waals surface area contributed by atoms with Crippen LogP contribution in [0.2, 0.25) is 0 Å². The molecule has 0 rings (SSSR count). The van der Waals surface area contributed by atoms with Gasteiger partial charge in [0, 0.05) is 6.42 Å². The van der Waals surface area contributed by atoms with Crippen LogP contribution in [0.15, 0.2) is 0 Å². The molecular weight excluding hydrogens is 572 g/mol.